The van der Waals surface area contributed by atoms with Crippen LogP contribution in [0, 0.1) is 17.8 Å². The van der Waals surface area contributed by atoms with Crippen LogP contribution in [0.5, 0.6) is 0 Å². The van der Waals surface area contributed by atoms with Crippen LogP contribution in [0.3, 0.4) is 0 Å². The summed E-state index contributed by atoms with van der Waals surface area (Å²) in [6.45, 7) is 2.01. The van der Waals surface area contributed by atoms with E-state index in [1.54, 1.807) is 0 Å². The summed E-state index contributed by atoms with van der Waals surface area (Å²) in [5, 5.41) is 12.8. The predicted octanol–water partition coefficient (Wildman–Crippen LogP) is 1.71. The fraction of sp³-hybridized carbons (Fsp3) is 0.500. The molecule has 2 aliphatic carbocycles. The molecule has 1 aromatic rings. The van der Waals surface area contributed by atoms with Gasteiger partial charge in [-0.25, -0.2) is 0 Å². The molecule has 8 atom stereocenters. The lowest BCUT2D eigenvalue weighted by Gasteiger charge is -2.63. The molecular weight excluding hydrogens is 332 g/mol. The molecule has 7 rings (SSSR count). The number of aliphatic hydroxyl groups excluding tert-OH is 1. The first-order valence-electron chi connectivity index (χ1n) is 9.20. The maximum atomic E-state index is 13.1. The summed E-state index contributed by atoms with van der Waals surface area (Å²) in [6, 6.07) is 8.00. The summed E-state index contributed by atoms with van der Waals surface area (Å²) in [5.41, 5.74) is 3.46. The second-order valence-electron chi connectivity index (χ2n) is 7.86. The van der Waals surface area contributed by atoms with Crippen molar-refractivity contribution in [1.82, 2.24) is 5.06 Å². The van der Waals surface area contributed by atoms with Gasteiger partial charge >= 0.3 is 5.97 Å². The second-order valence-corrected chi connectivity index (χ2v) is 7.86. The van der Waals surface area contributed by atoms with Crippen molar-refractivity contribution >= 4 is 17.4 Å². The Bertz CT molecular complexity index is 909. The zero-order chi connectivity index (χ0) is 17.8. The number of hydroxylamine groups is 2. The van der Waals surface area contributed by atoms with E-state index in [4.69, 9.17) is 14.6 Å². The topological polar surface area (TPSA) is 71.4 Å². The number of hydrogen-bond acceptors (Lipinski definition) is 6. The molecule has 4 aliphatic heterocycles. The number of carbonyl (C=O) groups is 1. The number of ether oxygens (including phenoxy) is 1. The third-order valence-corrected chi connectivity index (χ3v) is 7.24. The van der Waals surface area contributed by atoms with E-state index in [1.165, 1.54) is 12.7 Å². The van der Waals surface area contributed by atoms with Crippen molar-refractivity contribution in [3.8, 4) is 0 Å². The number of rotatable bonds is 1. The number of carbonyl (C=O) groups excluding carboxylic acids is 1. The van der Waals surface area contributed by atoms with Crippen LogP contribution in [-0.4, -0.2) is 47.3 Å². The number of fused-ring (bicyclic) bond motifs is 1. The molecular formula is C20H20N2O4. The van der Waals surface area contributed by atoms with Crippen LogP contribution in [0.15, 0.2) is 40.9 Å². The molecule has 6 nitrogen and oxygen atoms in total. The monoisotopic (exact) mass is 352 g/mol. The highest BCUT2D eigenvalue weighted by atomic mass is 16.8. The molecule has 5 fully saturated rings. The Labute approximate surface area is 151 Å². The van der Waals surface area contributed by atoms with E-state index in [1.807, 2.05) is 30.2 Å². The summed E-state index contributed by atoms with van der Waals surface area (Å²) < 4.78 is 5.27. The van der Waals surface area contributed by atoms with Gasteiger partial charge in [-0.2, -0.15) is 5.06 Å². The Balaban J connectivity index is 1.71. The quantitative estimate of drug-likeness (QED) is 0.615. The van der Waals surface area contributed by atoms with Crippen LogP contribution < -0.4 is 0 Å². The largest absolute Gasteiger partial charge is 0.469 e. The average Bonchev–Trinajstić information content (AvgIpc) is 3.16. The second kappa shape index (κ2) is 4.63. The number of para-hydroxylation sites is 1. The minimum atomic E-state index is -0.956. The smallest absolute Gasteiger partial charge is 0.310 e. The highest BCUT2D eigenvalue weighted by molar-refractivity contribution is 6.10. The average molecular weight is 352 g/mol. The van der Waals surface area contributed by atoms with E-state index in [0.717, 1.165) is 23.4 Å². The summed E-state index contributed by atoms with van der Waals surface area (Å²) in [7, 11) is 1.45. The van der Waals surface area contributed by atoms with Gasteiger partial charge in [-0.05, 0) is 30.9 Å². The van der Waals surface area contributed by atoms with Crippen LogP contribution in [-0.2, 0) is 19.8 Å². The van der Waals surface area contributed by atoms with Gasteiger partial charge in [0.15, 0.2) is 6.29 Å². The van der Waals surface area contributed by atoms with Crippen molar-refractivity contribution in [3.05, 3.63) is 41.5 Å². The fourth-order valence-electron chi connectivity index (χ4n) is 6.62. The normalized spacial score (nSPS) is 47.7. The first kappa shape index (κ1) is 15.1. The molecule has 0 aromatic heterocycles. The third-order valence-electron chi connectivity index (χ3n) is 7.24. The number of aliphatic hydroxyl groups is 1. The third kappa shape index (κ3) is 1.34. The Kier molecular flexibility index (Phi) is 2.68. The molecule has 6 bridgehead atoms. The van der Waals surface area contributed by atoms with Crippen molar-refractivity contribution in [3.63, 3.8) is 0 Å². The van der Waals surface area contributed by atoms with Crippen LogP contribution in [0.25, 0.3) is 0 Å². The van der Waals surface area contributed by atoms with Gasteiger partial charge in [0, 0.05) is 5.92 Å². The fourth-order valence-corrected chi connectivity index (χ4v) is 6.62. The number of esters is 1. The van der Waals surface area contributed by atoms with Crippen LogP contribution >= 0.6 is 0 Å². The molecule has 4 heterocycles. The number of hydrogen-bond donors (Lipinski definition) is 1. The molecule has 6 heteroatoms. The maximum absolute atomic E-state index is 13.1. The maximum Gasteiger partial charge on any atom is 0.310 e. The van der Waals surface area contributed by atoms with Crippen LogP contribution in [0.2, 0.25) is 0 Å². The molecule has 6 aliphatic rings. The molecule has 3 saturated heterocycles. The first-order valence-corrected chi connectivity index (χ1v) is 9.20. The Hall–Kier alpha value is -2.02. The highest BCUT2D eigenvalue weighted by Crippen LogP contribution is 2.69. The number of aliphatic imine (C=N–C) groups is 1. The summed E-state index contributed by atoms with van der Waals surface area (Å²) in [6.07, 6.45) is 1.91. The zero-order valence-electron chi connectivity index (χ0n) is 14.6. The van der Waals surface area contributed by atoms with Gasteiger partial charge in [0.05, 0.1) is 41.9 Å². The Morgan fingerprint density at radius 2 is 2.27 bits per heavy atom. The van der Waals surface area contributed by atoms with Crippen molar-refractivity contribution in [2.75, 3.05) is 7.11 Å². The Morgan fingerprint density at radius 3 is 3.04 bits per heavy atom. The molecule has 2 saturated carbocycles. The molecule has 0 amide bonds. The number of methoxy groups -OCH3 is 1. The van der Waals surface area contributed by atoms with E-state index < -0.39 is 11.7 Å². The van der Waals surface area contributed by atoms with Gasteiger partial charge in [-0.15, -0.1) is 0 Å². The molecule has 26 heavy (non-hydrogen) atoms. The molecule has 0 radical (unpaired) electrons. The van der Waals surface area contributed by atoms with E-state index in [2.05, 4.69) is 12.1 Å². The van der Waals surface area contributed by atoms with Gasteiger partial charge in [-0.1, -0.05) is 29.8 Å². The van der Waals surface area contributed by atoms with Gasteiger partial charge < -0.3 is 9.84 Å². The predicted molar refractivity (Wildman–Crippen MR) is 92.6 cm³/mol. The number of nitrogens with zero attached hydrogens (tertiary/aromatic N) is 2. The van der Waals surface area contributed by atoms with E-state index >= 15 is 0 Å². The molecule has 1 N–H and O–H groups in total. The summed E-state index contributed by atoms with van der Waals surface area (Å²) >= 11 is 0. The number of benzene rings is 1. The van der Waals surface area contributed by atoms with E-state index in [-0.39, 0.29) is 35.8 Å². The highest BCUT2D eigenvalue weighted by Gasteiger charge is 2.78. The molecule has 1 aromatic carbocycles. The van der Waals surface area contributed by atoms with Crippen molar-refractivity contribution in [1.29, 1.82) is 0 Å². The van der Waals surface area contributed by atoms with Crippen molar-refractivity contribution in [2.45, 2.75) is 37.1 Å². The van der Waals surface area contributed by atoms with E-state index in [9.17, 15) is 9.90 Å². The van der Waals surface area contributed by atoms with Gasteiger partial charge in [0.25, 0.3) is 0 Å². The lowest BCUT2D eigenvalue weighted by Crippen LogP contribution is -2.74. The number of allylic oxidation sites excluding steroid dienone is 1. The number of piperidine rings is 2. The minimum absolute atomic E-state index is 0.00425. The molecule has 8 unspecified atom stereocenters. The summed E-state index contributed by atoms with van der Waals surface area (Å²) in [5.74, 6) is -0.762. The van der Waals surface area contributed by atoms with Crippen LogP contribution in [0.4, 0.5) is 5.69 Å². The van der Waals surface area contributed by atoms with Gasteiger partial charge in [-0.3, -0.25) is 14.6 Å². The lowest BCUT2D eigenvalue weighted by atomic mass is 9.43. The van der Waals surface area contributed by atoms with Gasteiger partial charge in [0.2, 0.25) is 0 Å². The molecule has 134 valence electrons. The zero-order valence-corrected chi connectivity index (χ0v) is 14.6. The minimum Gasteiger partial charge on any atom is -0.469 e. The SMILES string of the molecule is C/C=C1\C2CC3C4=Nc5ccccc5C4(C2C(=O)OC)C2C(O)ON3C12. The lowest BCUT2D eigenvalue weighted by molar-refractivity contribution is -0.234. The van der Waals surface area contributed by atoms with Crippen LogP contribution in [0.1, 0.15) is 18.9 Å². The van der Waals surface area contributed by atoms with Crippen molar-refractivity contribution in [2.24, 2.45) is 22.7 Å². The van der Waals surface area contributed by atoms with E-state index in [0.29, 0.717) is 0 Å². The van der Waals surface area contributed by atoms with Crippen molar-refractivity contribution < 1.29 is 19.5 Å². The van der Waals surface area contributed by atoms with Gasteiger partial charge in [0.1, 0.15) is 0 Å². The first-order chi connectivity index (χ1) is 12.6. The molecule has 1 spiro atoms. The summed E-state index contributed by atoms with van der Waals surface area (Å²) in [4.78, 5) is 23.9. The Morgan fingerprint density at radius 1 is 1.46 bits per heavy atom. The standard InChI is InChI=1S/C20H20N2O4/c1-3-9-10-8-13-17-20(14(10)18(23)25-2,11-6-4-5-7-12(11)21-17)15-16(9)22(13)26-19(15)24/h3-7,10,13-16,19,24H,8H2,1-2H3/b9-3+.